The van der Waals surface area contributed by atoms with Crippen LogP contribution in [0, 0.1) is 10.1 Å². The third kappa shape index (κ3) is 5.41. The van der Waals surface area contributed by atoms with Gasteiger partial charge in [-0.3, -0.25) is 4.84 Å². The molecule has 0 saturated heterocycles. The molecule has 1 aromatic rings. The van der Waals surface area contributed by atoms with Crippen LogP contribution in [-0.4, -0.2) is 22.6 Å². The molecule has 0 aliphatic rings. The number of nitrogens with zero attached hydrogens (tertiary/aromatic N) is 3. The lowest BCUT2D eigenvalue weighted by atomic mass is 10.3. The lowest BCUT2D eigenvalue weighted by molar-refractivity contribution is -0.485. The molecule has 2 N–H and O–H groups in total. The van der Waals surface area contributed by atoms with Crippen LogP contribution in [0.4, 0.5) is 0 Å². The number of nitrogens with one attached hydrogen (secondary N) is 2. The maximum atomic E-state index is 10.3. The number of halogens is 1. The molecule has 0 fully saturated rings. The quantitative estimate of drug-likeness (QED) is 0.272. The van der Waals surface area contributed by atoms with E-state index in [4.69, 9.17) is 16.4 Å². The van der Waals surface area contributed by atoms with Gasteiger partial charge in [-0.25, -0.2) is 20.6 Å². The fourth-order valence-corrected chi connectivity index (χ4v) is 1.12. The molecular weight excluding hydrogens is 262 g/mol. The van der Waals surface area contributed by atoms with E-state index in [1.807, 2.05) is 0 Å². The molecule has 0 aliphatic carbocycles. The fourth-order valence-electron chi connectivity index (χ4n) is 1.01. The minimum Gasteiger partial charge on any atom is -0.345 e. The van der Waals surface area contributed by atoms with Gasteiger partial charge in [-0.2, -0.15) is 0 Å². The Balaban J connectivity index is 2.56. The smallest absolute Gasteiger partial charge is 0.292 e. The van der Waals surface area contributed by atoms with Crippen LogP contribution < -0.4 is 10.8 Å². The molecular formula is C9H12ClN5O3. The molecule has 18 heavy (non-hydrogen) atoms. The summed E-state index contributed by atoms with van der Waals surface area (Å²) < 4.78 is 0. The highest BCUT2D eigenvalue weighted by Gasteiger charge is 2.04. The third-order valence-electron chi connectivity index (χ3n) is 1.74. The van der Waals surface area contributed by atoms with Crippen LogP contribution >= 0.6 is 11.6 Å². The van der Waals surface area contributed by atoms with Crippen LogP contribution in [-0.2, 0) is 11.4 Å². The third-order valence-corrected chi connectivity index (χ3v) is 1.97. The summed E-state index contributed by atoms with van der Waals surface area (Å²) in [6.07, 6.45) is 1.56. The van der Waals surface area contributed by atoms with E-state index < -0.39 is 5.03 Å². The molecule has 1 aromatic heterocycles. The molecule has 0 saturated carbocycles. The Morgan fingerprint density at radius 3 is 3.00 bits per heavy atom. The van der Waals surface area contributed by atoms with Crippen molar-refractivity contribution in [1.82, 2.24) is 15.8 Å². The Labute approximate surface area is 108 Å². The van der Waals surface area contributed by atoms with E-state index in [-0.39, 0.29) is 5.96 Å². The molecule has 98 valence electrons. The Bertz CT molecular complexity index is 423. The summed E-state index contributed by atoms with van der Waals surface area (Å²) in [5, 5.41) is 15.6. The number of hydroxylamine groups is 1. The van der Waals surface area contributed by atoms with E-state index in [2.05, 4.69) is 20.9 Å². The number of guanidine groups is 1. The minimum absolute atomic E-state index is 0.0863. The SMILES string of the molecule is CCON/C(=N/[N+](=O)[O-])NCc1ccc(Cl)nc1. The van der Waals surface area contributed by atoms with Crippen molar-refractivity contribution in [2.75, 3.05) is 6.61 Å². The van der Waals surface area contributed by atoms with E-state index in [1.54, 1.807) is 25.3 Å². The summed E-state index contributed by atoms with van der Waals surface area (Å²) in [5.74, 6) is -0.0863. The second-order valence-electron chi connectivity index (χ2n) is 3.06. The van der Waals surface area contributed by atoms with E-state index in [0.717, 1.165) is 5.56 Å². The molecule has 1 rings (SSSR count). The van der Waals surface area contributed by atoms with Gasteiger partial charge in [0, 0.05) is 12.7 Å². The topological polar surface area (TPSA) is 102 Å². The van der Waals surface area contributed by atoms with Crippen molar-refractivity contribution in [1.29, 1.82) is 0 Å². The fraction of sp³-hybridized carbons (Fsp3) is 0.333. The van der Waals surface area contributed by atoms with Crippen LogP contribution in [0.5, 0.6) is 0 Å². The second kappa shape index (κ2) is 7.41. The molecule has 0 aliphatic heterocycles. The number of rotatable bonds is 5. The van der Waals surface area contributed by atoms with Crippen molar-refractivity contribution in [3.8, 4) is 0 Å². The molecule has 9 heteroatoms. The van der Waals surface area contributed by atoms with Crippen LogP contribution in [0.3, 0.4) is 0 Å². The lowest BCUT2D eigenvalue weighted by Gasteiger charge is -2.08. The van der Waals surface area contributed by atoms with Crippen LogP contribution in [0.1, 0.15) is 12.5 Å². The number of aromatic nitrogens is 1. The van der Waals surface area contributed by atoms with Gasteiger partial charge in [0.25, 0.3) is 5.96 Å². The lowest BCUT2D eigenvalue weighted by Crippen LogP contribution is -2.37. The molecule has 0 spiro atoms. The van der Waals surface area contributed by atoms with Crippen molar-refractivity contribution >= 4 is 17.6 Å². The highest BCUT2D eigenvalue weighted by Crippen LogP contribution is 2.04. The van der Waals surface area contributed by atoms with Crippen LogP contribution in [0.2, 0.25) is 5.15 Å². The standard InChI is InChI=1S/C9H12ClN5O3/c1-2-18-14-9(13-15(16)17)12-6-7-3-4-8(10)11-5-7/h3-5H,2,6H2,1H3,(H2,12,13,14). The normalized spacial score (nSPS) is 11.1. The van der Waals surface area contributed by atoms with Crippen LogP contribution in [0.15, 0.2) is 23.4 Å². The summed E-state index contributed by atoms with van der Waals surface area (Å²) in [4.78, 5) is 19.0. The zero-order valence-electron chi connectivity index (χ0n) is 9.59. The number of hydrogen-bond acceptors (Lipinski definition) is 4. The summed E-state index contributed by atoms with van der Waals surface area (Å²) >= 11 is 5.63. The van der Waals surface area contributed by atoms with Gasteiger partial charge in [-0.1, -0.05) is 17.7 Å². The average molecular weight is 274 g/mol. The Morgan fingerprint density at radius 2 is 2.44 bits per heavy atom. The first kappa shape index (κ1) is 14.1. The summed E-state index contributed by atoms with van der Waals surface area (Å²) in [7, 11) is 0. The van der Waals surface area contributed by atoms with Gasteiger partial charge in [0.2, 0.25) is 0 Å². The molecule has 0 amide bonds. The maximum absolute atomic E-state index is 10.3. The van der Waals surface area contributed by atoms with Gasteiger partial charge in [0.1, 0.15) is 10.3 Å². The average Bonchev–Trinajstić information content (AvgIpc) is 2.34. The summed E-state index contributed by atoms with van der Waals surface area (Å²) in [6, 6.07) is 3.37. The minimum atomic E-state index is -0.825. The summed E-state index contributed by atoms with van der Waals surface area (Å²) in [6.45, 7) is 2.39. The van der Waals surface area contributed by atoms with Crippen molar-refractivity contribution in [3.63, 3.8) is 0 Å². The molecule has 0 radical (unpaired) electrons. The zero-order valence-corrected chi connectivity index (χ0v) is 10.3. The van der Waals surface area contributed by atoms with Gasteiger partial charge in [-0.05, 0) is 18.6 Å². The first-order valence-electron chi connectivity index (χ1n) is 5.07. The largest absolute Gasteiger partial charge is 0.345 e. The molecule has 0 aromatic carbocycles. The summed E-state index contributed by atoms with van der Waals surface area (Å²) in [5.41, 5.74) is 3.13. The van der Waals surface area contributed by atoms with Crippen molar-refractivity contribution in [3.05, 3.63) is 39.2 Å². The van der Waals surface area contributed by atoms with Gasteiger partial charge >= 0.3 is 0 Å². The molecule has 8 nitrogen and oxygen atoms in total. The first-order chi connectivity index (χ1) is 8.61. The molecule has 0 bridgehead atoms. The maximum Gasteiger partial charge on any atom is 0.292 e. The van der Waals surface area contributed by atoms with Gasteiger partial charge in [-0.15, -0.1) is 0 Å². The highest BCUT2D eigenvalue weighted by molar-refractivity contribution is 6.29. The number of hydrazone groups is 1. The number of nitro groups is 1. The van der Waals surface area contributed by atoms with E-state index in [9.17, 15) is 10.1 Å². The Morgan fingerprint density at radius 1 is 1.67 bits per heavy atom. The Hall–Kier alpha value is -1.93. The molecule has 0 unspecified atom stereocenters. The molecule has 0 atom stereocenters. The van der Waals surface area contributed by atoms with Crippen molar-refractivity contribution < 1.29 is 9.87 Å². The van der Waals surface area contributed by atoms with E-state index in [1.165, 1.54) is 0 Å². The predicted octanol–water partition coefficient (Wildman–Crippen LogP) is 0.913. The van der Waals surface area contributed by atoms with Crippen LogP contribution in [0.25, 0.3) is 0 Å². The molecule has 1 heterocycles. The van der Waals surface area contributed by atoms with E-state index in [0.29, 0.717) is 18.3 Å². The van der Waals surface area contributed by atoms with E-state index >= 15 is 0 Å². The monoisotopic (exact) mass is 273 g/mol. The number of hydrogen-bond donors (Lipinski definition) is 2. The zero-order chi connectivity index (χ0) is 13.4. The number of pyridine rings is 1. The van der Waals surface area contributed by atoms with Gasteiger partial charge < -0.3 is 5.32 Å². The predicted molar refractivity (Wildman–Crippen MR) is 65.3 cm³/mol. The first-order valence-corrected chi connectivity index (χ1v) is 5.44. The Kier molecular flexibility index (Phi) is 5.81. The van der Waals surface area contributed by atoms with Gasteiger partial charge in [0.05, 0.1) is 6.61 Å². The second-order valence-corrected chi connectivity index (χ2v) is 3.45. The highest BCUT2D eigenvalue weighted by atomic mass is 35.5. The van der Waals surface area contributed by atoms with Crippen molar-refractivity contribution in [2.24, 2.45) is 5.10 Å². The van der Waals surface area contributed by atoms with Crippen molar-refractivity contribution in [2.45, 2.75) is 13.5 Å². The van der Waals surface area contributed by atoms with Gasteiger partial charge in [0.15, 0.2) is 5.03 Å².